The second kappa shape index (κ2) is 5.44. The van der Waals surface area contributed by atoms with Crippen molar-refractivity contribution in [3.63, 3.8) is 0 Å². The van der Waals surface area contributed by atoms with Crippen LogP contribution >= 0.6 is 0 Å². The average molecular weight is 309 g/mol. The van der Waals surface area contributed by atoms with Crippen molar-refractivity contribution in [2.45, 2.75) is 45.3 Å². The maximum Gasteiger partial charge on any atom is 0.526 e. The number of imide groups is 1. The fourth-order valence-electron chi connectivity index (χ4n) is 4.45. The van der Waals surface area contributed by atoms with E-state index in [0.29, 0.717) is 0 Å². The first kappa shape index (κ1) is 15.6. The summed E-state index contributed by atoms with van der Waals surface area (Å²) in [5.41, 5.74) is 1.03. The summed E-state index contributed by atoms with van der Waals surface area (Å²) in [5, 5.41) is 19.5. The highest BCUT2D eigenvalue weighted by Crippen LogP contribution is 2.50. The average Bonchev–Trinajstić information content (AvgIpc) is 2.71. The lowest BCUT2D eigenvalue weighted by Gasteiger charge is -2.46. The molecule has 5 atom stereocenters. The Labute approximate surface area is 130 Å². The van der Waals surface area contributed by atoms with Crippen LogP contribution in [0.3, 0.4) is 0 Å². The quantitative estimate of drug-likeness (QED) is 0.609. The molecule has 22 heavy (non-hydrogen) atoms. The molecule has 3 aliphatic heterocycles. The summed E-state index contributed by atoms with van der Waals surface area (Å²) in [6, 6.07) is -0.357. The number of quaternary nitrogens is 1. The number of rotatable bonds is 3. The molecule has 0 bridgehead atoms. The Bertz CT molecular complexity index is 524. The third-order valence-corrected chi connectivity index (χ3v) is 5.65. The molecule has 6 heteroatoms. The molecule has 0 aromatic rings. The zero-order valence-corrected chi connectivity index (χ0v) is 13.2. The normalized spacial score (nSPS) is 39.9. The minimum atomic E-state index is -1.12. The van der Waals surface area contributed by atoms with Crippen LogP contribution in [-0.2, 0) is 4.79 Å². The molecule has 2 amide bonds. The molecule has 0 radical (unpaired) electrons. The van der Waals surface area contributed by atoms with Crippen LogP contribution in [0.1, 0.15) is 33.1 Å². The number of aliphatic hydroxyl groups is 1. The molecule has 6 nitrogen and oxygen atoms in total. The second-order valence-electron chi connectivity index (χ2n) is 6.98. The van der Waals surface area contributed by atoms with E-state index in [-0.39, 0.29) is 17.9 Å². The van der Waals surface area contributed by atoms with Gasteiger partial charge in [-0.15, -0.1) is 4.48 Å². The molecule has 2 N–H and O–H groups in total. The standard InChI is InChI=1S/C16H24N2O4/c1-10-12(8-17-6-4-3-5-7-17)9-18(16(21)22)14(10)13(11(2)19)15(18)20/h9-11,13-14,19H,3-8H2,1-2H3/p+1/t10-,11?,13+,14-,18?/m0/s1. The second-order valence-corrected chi connectivity index (χ2v) is 6.98. The Morgan fingerprint density at radius 1 is 1.41 bits per heavy atom. The van der Waals surface area contributed by atoms with Gasteiger partial charge in [-0.25, -0.2) is 4.79 Å². The lowest BCUT2D eigenvalue weighted by Crippen LogP contribution is -2.75. The third kappa shape index (κ3) is 2.05. The van der Waals surface area contributed by atoms with Gasteiger partial charge < -0.3 is 10.2 Å². The summed E-state index contributed by atoms with van der Waals surface area (Å²) in [6.07, 6.45) is 3.35. The van der Waals surface area contributed by atoms with E-state index in [0.717, 1.165) is 25.2 Å². The molecule has 122 valence electrons. The number of aliphatic hydroxyl groups excluding tert-OH is 1. The molecule has 0 aromatic carbocycles. The minimum Gasteiger partial charge on any atom is -0.435 e. The summed E-state index contributed by atoms with van der Waals surface area (Å²) in [7, 11) is 0. The van der Waals surface area contributed by atoms with Crippen LogP contribution in [0.4, 0.5) is 4.79 Å². The fourth-order valence-corrected chi connectivity index (χ4v) is 4.45. The third-order valence-electron chi connectivity index (χ3n) is 5.65. The van der Waals surface area contributed by atoms with E-state index in [1.165, 1.54) is 19.3 Å². The molecule has 2 saturated heterocycles. The van der Waals surface area contributed by atoms with Gasteiger partial charge in [0.15, 0.2) is 5.92 Å². The van der Waals surface area contributed by atoms with E-state index in [1.807, 2.05) is 6.92 Å². The van der Waals surface area contributed by atoms with Crippen molar-refractivity contribution in [3.05, 3.63) is 11.8 Å². The predicted octanol–water partition coefficient (Wildman–Crippen LogP) is 1.41. The van der Waals surface area contributed by atoms with Crippen LogP contribution in [0.5, 0.6) is 0 Å². The highest BCUT2D eigenvalue weighted by Gasteiger charge is 2.74. The van der Waals surface area contributed by atoms with Gasteiger partial charge in [-0.1, -0.05) is 13.3 Å². The number of carbonyl (C=O) groups is 2. The highest BCUT2D eigenvalue weighted by molar-refractivity contribution is 5.90. The summed E-state index contributed by atoms with van der Waals surface area (Å²) in [4.78, 5) is 26.5. The van der Waals surface area contributed by atoms with Crippen LogP contribution in [0.15, 0.2) is 11.8 Å². The van der Waals surface area contributed by atoms with Gasteiger partial charge in [0, 0.05) is 18.0 Å². The molecule has 3 rings (SSSR count). The highest BCUT2D eigenvalue weighted by atomic mass is 16.4. The van der Waals surface area contributed by atoms with Crippen LogP contribution in [-0.4, -0.2) is 63.4 Å². The number of β-lactam (4-membered cyclic amide) rings is 1. The van der Waals surface area contributed by atoms with E-state index in [1.54, 1.807) is 13.1 Å². The smallest absolute Gasteiger partial charge is 0.435 e. The molecule has 0 saturated carbocycles. The molecule has 0 aromatic heterocycles. The first-order valence-corrected chi connectivity index (χ1v) is 8.18. The Morgan fingerprint density at radius 2 is 2.05 bits per heavy atom. The van der Waals surface area contributed by atoms with Crippen molar-refractivity contribution in [1.29, 1.82) is 0 Å². The van der Waals surface area contributed by atoms with Gasteiger partial charge in [0.05, 0.1) is 6.10 Å². The Morgan fingerprint density at radius 3 is 2.59 bits per heavy atom. The van der Waals surface area contributed by atoms with Gasteiger partial charge in [0.1, 0.15) is 12.2 Å². The first-order chi connectivity index (χ1) is 10.4. The van der Waals surface area contributed by atoms with Gasteiger partial charge in [-0.05, 0) is 32.9 Å². The molecule has 2 fully saturated rings. The van der Waals surface area contributed by atoms with Crippen molar-refractivity contribution < 1.29 is 24.3 Å². The monoisotopic (exact) mass is 309 g/mol. The largest absolute Gasteiger partial charge is 0.526 e. The molecule has 0 aliphatic carbocycles. The van der Waals surface area contributed by atoms with E-state index < -0.39 is 22.6 Å². The van der Waals surface area contributed by atoms with Crippen molar-refractivity contribution in [2.24, 2.45) is 11.8 Å². The van der Waals surface area contributed by atoms with Crippen molar-refractivity contribution in [3.8, 4) is 0 Å². The fraction of sp³-hybridized carbons (Fsp3) is 0.750. The Balaban J connectivity index is 1.85. The molecule has 2 unspecified atom stereocenters. The molecule has 3 aliphatic rings. The Kier molecular flexibility index (Phi) is 3.87. The van der Waals surface area contributed by atoms with Crippen LogP contribution in [0.25, 0.3) is 0 Å². The van der Waals surface area contributed by atoms with Gasteiger partial charge >= 0.3 is 12.0 Å². The topological polar surface area (TPSA) is 77.8 Å². The zero-order chi connectivity index (χ0) is 16.1. The number of carboxylic acid groups (broad SMARTS) is 1. The molecule has 0 spiro atoms. The summed E-state index contributed by atoms with van der Waals surface area (Å²) in [6.45, 7) is 6.38. The summed E-state index contributed by atoms with van der Waals surface area (Å²) < 4.78 is -0.611. The SMILES string of the molecule is CC(O)[C@H]1C(=O)[N+]2(C(=O)O)C=C(CN3CCCCC3)[C@H](C)[C@@H]12. The van der Waals surface area contributed by atoms with Crippen LogP contribution in [0.2, 0.25) is 0 Å². The zero-order valence-electron chi connectivity index (χ0n) is 13.2. The first-order valence-electron chi connectivity index (χ1n) is 8.18. The molecular weight excluding hydrogens is 284 g/mol. The van der Waals surface area contributed by atoms with E-state index >= 15 is 0 Å². The number of fused-ring (bicyclic) bond motifs is 1. The number of hydrogen-bond donors (Lipinski definition) is 2. The number of piperidine rings is 1. The lowest BCUT2D eigenvalue weighted by atomic mass is 9.75. The molecule has 3 heterocycles. The number of likely N-dealkylation sites (tertiary alicyclic amines) is 1. The number of carbonyl (C=O) groups excluding carboxylic acids is 1. The summed E-state index contributed by atoms with van der Waals surface area (Å²) >= 11 is 0. The van der Waals surface area contributed by atoms with Crippen LogP contribution < -0.4 is 0 Å². The van der Waals surface area contributed by atoms with Crippen LogP contribution in [0, 0.1) is 11.8 Å². The van der Waals surface area contributed by atoms with Crippen molar-refractivity contribution >= 4 is 12.0 Å². The number of hydrogen-bond acceptors (Lipinski definition) is 4. The van der Waals surface area contributed by atoms with E-state index in [9.17, 15) is 19.8 Å². The Hall–Kier alpha value is -1.24. The van der Waals surface area contributed by atoms with E-state index in [2.05, 4.69) is 4.90 Å². The summed E-state index contributed by atoms with van der Waals surface area (Å²) in [5.74, 6) is -0.940. The maximum absolute atomic E-state index is 12.4. The maximum atomic E-state index is 12.4. The van der Waals surface area contributed by atoms with Gasteiger partial charge in [-0.3, -0.25) is 4.90 Å². The van der Waals surface area contributed by atoms with E-state index in [4.69, 9.17) is 0 Å². The van der Waals surface area contributed by atoms with Crippen molar-refractivity contribution in [1.82, 2.24) is 4.90 Å². The number of nitrogens with zero attached hydrogens (tertiary/aromatic N) is 2. The van der Waals surface area contributed by atoms with Gasteiger partial charge in [0.2, 0.25) is 0 Å². The van der Waals surface area contributed by atoms with Gasteiger partial charge in [0.25, 0.3) is 0 Å². The lowest BCUT2D eigenvalue weighted by molar-refractivity contribution is -0.797. The predicted molar refractivity (Wildman–Crippen MR) is 79.8 cm³/mol. The van der Waals surface area contributed by atoms with Crippen molar-refractivity contribution in [2.75, 3.05) is 19.6 Å². The van der Waals surface area contributed by atoms with Gasteiger partial charge in [-0.2, -0.15) is 4.79 Å². The molecular formula is C16H25N2O4+. The number of amides is 2. The minimum absolute atomic E-state index is 0.00956.